The maximum absolute atomic E-state index is 13.2. The van der Waals surface area contributed by atoms with E-state index < -0.39 is 19.8 Å². The molecule has 1 N–H and O–H groups in total. The van der Waals surface area contributed by atoms with Crippen molar-refractivity contribution in [3.05, 3.63) is 53.6 Å². The van der Waals surface area contributed by atoms with Gasteiger partial charge >= 0.3 is 0 Å². The molecule has 7 nitrogen and oxygen atoms in total. The molecule has 10 heteroatoms. The molecule has 1 aromatic carbocycles. The van der Waals surface area contributed by atoms with Gasteiger partial charge in [0, 0.05) is 19.7 Å². The number of sulfonamides is 1. The van der Waals surface area contributed by atoms with Crippen LogP contribution in [-0.4, -0.2) is 48.8 Å². The number of alkyl halides is 1. The zero-order chi connectivity index (χ0) is 19.6. The number of hydrogen-bond donors (Lipinski definition) is 1. The lowest BCUT2D eigenvalue weighted by atomic mass is 10.1. The SMILES string of the molecule is C=C(N=C1OC(c2ccc(F)cc2)=C(C(=O)NC)C1I)N(C)S(C)(=O)=O. The zero-order valence-electron chi connectivity index (χ0n) is 14.3. The third kappa shape index (κ3) is 4.23. The number of nitrogens with one attached hydrogen (secondary N) is 1. The molecule has 0 saturated carbocycles. The Hall–Kier alpha value is -1.95. The van der Waals surface area contributed by atoms with Crippen molar-refractivity contribution in [1.29, 1.82) is 0 Å². The lowest BCUT2D eigenvalue weighted by molar-refractivity contribution is -0.116. The number of amides is 1. The Bertz CT molecular complexity index is 910. The summed E-state index contributed by atoms with van der Waals surface area (Å²) >= 11 is 1.96. The number of likely N-dealkylation sites (N-methyl/N-ethyl adjacent to an activating group) is 1. The average Bonchev–Trinajstić information content (AvgIpc) is 2.89. The summed E-state index contributed by atoms with van der Waals surface area (Å²) in [6, 6.07) is 5.47. The number of ether oxygens (including phenoxy) is 1. The van der Waals surface area contributed by atoms with E-state index in [2.05, 4.69) is 16.9 Å². The molecule has 140 valence electrons. The van der Waals surface area contributed by atoms with Crippen molar-refractivity contribution >= 4 is 50.2 Å². The third-order valence-corrected chi connectivity index (χ3v) is 5.96. The van der Waals surface area contributed by atoms with E-state index in [0.29, 0.717) is 11.1 Å². The zero-order valence-corrected chi connectivity index (χ0v) is 17.3. The molecule has 0 radical (unpaired) electrons. The van der Waals surface area contributed by atoms with Crippen molar-refractivity contribution in [2.75, 3.05) is 20.4 Å². The average molecular weight is 493 g/mol. The summed E-state index contributed by atoms with van der Waals surface area (Å²) in [4.78, 5) is 16.4. The van der Waals surface area contributed by atoms with Crippen molar-refractivity contribution in [2.24, 2.45) is 4.99 Å². The predicted octanol–water partition coefficient (Wildman–Crippen LogP) is 1.88. The van der Waals surface area contributed by atoms with Crippen LogP contribution in [0, 0.1) is 5.82 Å². The van der Waals surface area contributed by atoms with Crippen molar-refractivity contribution in [1.82, 2.24) is 9.62 Å². The Morgan fingerprint density at radius 2 is 1.96 bits per heavy atom. The van der Waals surface area contributed by atoms with Gasteiger partial charge in [-0.3, -0.25) is 9.10 Å². The fourth-order valence-corrected chi connectivity index (χ4v) is 3.34. The second kappa shape index (κ2) is 7.74. The molecule has 0 saturated heterocycles. The summed E-state index contributed by atoms with van der Waals surface area (Å²) in [5.41, 5.74) is 0.798. The smallest absolute Gasteiger partial charge is 0.252 e. The Balaban J connectivity index is 2.45. The van der Waals surface area contributed by atoms with E-state index in [1.54, 1.807) is 0 Å². The highest BCUT2D eigenvalue weighted by Crippen LogP contribution is 2.35. The van der Waals surface area contributed by atoms with Gasteiger partial charge in [0.25, 0.3) is 5.91 Å². The highest BCUT2D eigenvalue weighted by Gasteiger charge is 2.37. The Labute approximate surface area is 164 Å². The van der Waals surface area contributed by atoms with Crippen LogP contribution in [0.3, 0.4) is 0 Å². The van der Waals surface area contributed by atoms with Gasteiger partial charge in [-0.05, 0) is 24.3 Å². The van der Waals surface area contributed by atoms with Crippen molar-refractivity contribution < 1.29 is 22.3 Å². The van der Waals surface area contributed by atoms with Gasteiger partial charge in [0.2, 0.25) is 15.9 Å². The van der Waals surface area contributed by atoms with Crippen molar-refractivity contribution in [2.45, 2.75) is 3.92 Å². The van der Waals surface area contributed by atoms with E-state index in [1.165, 1.54) is 38.4 Å². The molecule has 1 aromatic rings. The van der Waals surface area contributed by atoms with E-state index in [1.807, 2.05) is 22.6 Å². The van der Waals surface area contributed by atoms with Crippen LogP contribution in [0.5, 0.6) is 0 Å². The topological polar surface area (TPSA) is 88.1 Å². The van der Waals surface area contributed by atoms with Gasteiger partial charge in [-0.2, -0.15) is 4.99 Å². The van der Waals surface area contributed by atoms with Gasteiger partial charge in [0.05, 0.1) is 11.8 Å². The van der Waals surface area contributed by atoms with Crippen LogP contribution in [0.4, 0.5) is 4.39 Å². The maximum Gasteiger partial charge on any atom is 0.252 e. The van der Waals surface area contributed by atoms with E-state index in [9.17, 15) is 17.6 Å². The summed E-state index contributed by atoms with van der Waals surface area (Å²) in [5.74, 6) is -0.505. The minimum Gasteiger partial charge on any atom is -0.440 e. The number of benzene rings is 1. The molecule has 1 atom stereocenters. The lowest BCUT2D eigenvalue weighted by Crippen LogP contribution is -2.27. The summed E-state index contributed by atoms with van der Waals surface area (Å²) in [6.45, 7) is 3.63. The highest BCUT2D eigenvalue weighted by molar-refractivity contribution is 14.1. The van der Waals surface area contributed by atoms with Crippen LogP contribution >= 0.6 is 22.6 Å². The molecule has 0 fully saturated rings. The van der Waals surface area contributed by atoms with Crippen molar-refractivity contribution in [3.8, 4) is 0 Å². The third-order valence-electron chi connectivity index (χ3n) is 3.60. The molecular weight excluding hydrogens is 476 g/mol. The predicted molar refractivity (Wildman–Crippen MR) is 105 cm³/mol. The van der Waals surface area contributed by atoms with Crippen LogP contribution in [0.1, 0.15) is 5.56 Å². The van der Waals surface area contributed by atoms with Gasteiger partial charge in [-0.25, -0.2) is 12.8 Å². The highest BCUT2D eigenvalue weighted by atomic mass is 127. The van der Waals surface area contributed by atoms with E-state index in [-0.39, 0.29) is 23.4 Å². The summed E-state index contributed by atoms with van der Waals surface area (Å²) < 4.78 is 42.5. The second-order valence-electron chi connectivity index (χ2n) is 5.39. The van der Waals surface area contributed by atoms with Crippen molar-refractivity contribution in [3.63, 3.8) is 0 Å². The first-order valence-corrected chi connectivity index (χ1v) is 10.4. The van der Waals surface area contributed by atoms with E-state index in [4.69, 9.17) is 4.74 Å². The lowest BCUT2D eigenvalue weighted by Gasteiger charge is -2.16. The first kappa shape index (κ1) is 20.4. The van der Waals surface area contributed by atoms with Gasteiger partial charge in [-0.1, -0.05) is 29.2 Å². The molecule has 1 heterocycles. The Morgan fingerprint density at radius 3 is 2.46 bits per heavy atom. The molecule has 0 bridgehead atoms. The number of nitrogens with zero attached hydrogens (tertiary/aromatic N) is 2. The molecule has 1 unspecified atom stereocenters. The summed E-state index contributed by atoms with van der Waals surface area (Å²) in [6.07, 6.45) is 1.02. The number of aliphatic imine (C=N–C) groups is 1. The second-order valence-corrected chi connectivity index (χ2v) is 8.65. The molecular formula is C16H17FIN3O4S. The molecule has 1 aliphatic rings. The number of carbonyl (C=O) groups is 1. The largest absolute Gasteiger partial charge is 0.440 e. The molecule has 0 aromatic heterocycles. The van der Waals surface area contributed by atoms with E-state index in [0.717, 1.165) is 10.6 Å². The standard InChI is InChI=1S/C16H17FIN3O4S/c1-9(21(3)26(4,23)24)20-16-13(18)12(15(22)19-2)14(25-16)10-5-7-11(17)8-6-10/h5-8,13H,1H2,2-4H3,(H,19,22). The minimum atomic E-state index is -3.53. The fourth-order valence-electron chi connectivity index (χ4n) is 2.09. The molecule has 0 spiro atoms. The molecule has 0 aliphatic carbocycles. The maximum atomic E-state index is 13.2. The van der Waals surface area contributed by atoms with Gasteiger partial charge < -0.3 is 10.1 Å². The van der Waals surface area contributed by atoms with Crippen LogP contribution < -0.4 is 5.32 Å². The summed E-state index contributed by atoms with van der Waals surface area (Å²) in [7, 11) is -0.741. The number of hydrogen-bond acceptors (Lipinski definition) is 5. The number of carbonyl (C=O) groups excluding carboxylic acids is 1. The van der Waals surface area contributed by atoms with Gasteiger partial charge in [0.15, 0.2) is 0 Å². The Kier molecular flexibility index (Phi) is 6.06. The van der Waals surface area contributed by atoms with Crippen LogP contribution in [0.15, 0.2) is 47.2 Å². The molecule has 1 amide bonds. The van der Waals surface area contributed by atoms with Crippen LogP contribution in [-0.2, 0) is 19.6 Å². The number of halogens is 2. The molecule has 2 rings (SSSR count). The van der Waals surface area contributed by atoms with Gasteiger partial charge in [-0.15, -0.1) is 0 Å². The minimum absolute atomic E-state index is 0.0548. The van der Waals surface area contributed by atoms with Crippen LogP contribution in [0.2, 0.25) is 0 Å². The van der Waals surface area contributed by atoms with Gasteiger partial charge in [0.1, 0.15) is 21.3 Å². The first-order valence-electron chi connectivity index (χ1n) is 7.31. The normalized spacial score (nSPS) is 18.7. The quantitative estimate of drug-likeness (QED) is 0.502. The Morgan fingerprint density at radius 1 is 1.38 bits per heavy atom. The van der Waals surface area contributed by atoms with E-state index >= 15 is 0 Å². The molecule has 1 aliphatic heterocycles. The summed E-state index contributed by atoms with van der Waals surface area (Å²) in [5, 5.41) is 2.53. The first-order chi connectivity index (χ1) is 12.1. The number of rotatable bonds is 5. The monoisotopic (exact) mass is 493 g/mol. The van der Waals surface area contributed by atoms with Crippen LogP contribution in [0.25, 0.3) is 5.76 Å². The molecule has 26 heavy (non-hydrogen) atoms. The fraction of sp³-hybridized carbons (Fsp3) is 0.250.